The van der Waals surface area contributed by atoms with Crippen LogP contribution in [0, 0.1) is 6.92 Å². The number of benzene rings is 2. The molecule has 4 heteroatoms. The molecule has 0 aliphatic heterocycles. The molecule has 1 atom stereocenters. The fourth-order valence-electron chi connectivity index (χ4n) is 3.10. The van der Waals surface area contributed by atoms with Crippen molar-refractivity contribution in [2.45, 2.75) is 13.0 Å². The molecule has 1 aliphatic carbocycles. The molecule has 1 aliphatic rings. The third-order valence-corrected chi connectivity index (χ3v) is 4.26. The lowest BCUT2D eigenvalue weighted by molar-refractivity contribution is 0.250. The maximum absolute atomic E-state index is 12.4. The first-order chi connectivity index (χ1) is 11.7. The van der Waals surface area contributed by atoms with Gasteiger partial charge in [0.15, 0.2) is 0 Å². The molecule has 1 heterocycles. The van der Waals surface area contributed by atoms with Crippen molar-refractivity contribution < 1.29 is 4.79 Å². The second kappa shape index (κ2) is 5.81. The van der Waals surface area contributed by atoms with Crippen molar-refractivity contribution in [3.05, 3.63) is 83.6 Å². The van der Waals surface area contributed by atoms with Crippen LogP contribution < -0.4 is 10.6 Å². The number of rotatable bonds is 2. The van der Waals surface area contributed by atoms with Gasteiger partial charge in [0, 0.05) is 23.0 Å². The minimum Gasteiger partial charge on any atom is -0.327 e. The Balaban J connectivity index is 1.60. The Bertz CT molecular complexity index is 857. The van der Waals surface area contributed by atoms with Gasteiger partial charge in [0.1, 0.15) is 0 Å². The molecule has 1 aromatic heterocycles. The Morgan fingerprint density at radius 3 is 2.54 bits per heavy atom. The summed E-state index contributed by atoms with van der Waals surface area (Å²) in [7, 11) is 0. The van der Waals surface area contributed by atoms with Crippen LogP contribution >= 0.6 is 0 Å². The summed E-state index contributed by atoms with van der Waals surface area (Å²) in [6.45, 7) is 2.02. The van der Waals surface area contributed by atoms with Gasteiger partial charge in [-0.2, -0.15) is 0 Å². The molecule has 4 rings (SSSR count). The van der Waals surface area contributed by atoms with E-state index < -0.39 is 0 Å². The molecule has 0 bridgehead atoms. The zero-order valence-electron chi connectivity index (χ0n) is 13.3. The second-order valence-electron chi connectivity index (χ2n) is 5.93. The Kier molecular flexibility index (Phi) is 3.50. The van der Waals surface area contributed by atoms with Gasteiger partial charge in [-0.05, 0) is 30.7 Å². The average Bonchev–Trinajstić information content (AvgIpc) is 2.92. The summed E-state index contributed by atoms with van der Waals surface area (Å²) >= 11 is 0. The SMILES string of the molecule is Cc1ccc(NC(=O)NC2c3ccccc3-c3ncccc32)cc1. The van der Waals surface area contributed by atoms with E-state index in [1.165, 1.54) is 0 Å². The number of aromatic nitrogens is 1. The number of fused-ring (bicyclic) bond motifs is 3. The monoisotopic (exact) mass is 315 g/mol. The number of nitrogens with zero attached hydrogens (tertiary/aromatic N) is 1. The van der Waals surface area contributed by atoms with Gasteiger partial charge in [-0.25, -0.2) is 4.79 Å². The van der Waals surface area contributed by atoms with Crippen LogP contribution in [-0.4, -0.2) is 11.0 Å². The highest BCUT2D eigenvalue weighted by Gasteiger charge is 2.30. The molecule has 0 radical (unpaired) electrons. The first kappa shape index (κ1) is 14.5. The van der Waals surface area contributed by atoms with Gasteiger partial charge in [-0.1, -0.05) is 48.0 Å². The molecular weight excluding hydrogens is 298 g/mol. The lowest BCUT2D eigenvalue weighted by atomic mass is 10.1. The lowest BCUT2D eigenvalue weighted by Gasteiger charge is -2.16. The van der Waals surface area contributed by atoms with E-state index in [0.717, 1.165) is 33.6 Å². The maximum Gasteiger partial charge on any atom is 0.319 e. The van der Waals surface area contributed by atoms with E-state index >= 15 is 0 Å². The summed E-state index contributed by atoms with van der Waals surface area (Å²) in [6, 6.07) is 19.3. The third kappa shape index (κ3) is 2.52. The van der Waals surface area contributed by atoms with Crippen molar-refractivity contribution in [3.8, 4) is 11.3 Å². The van der Waals surface area contributed by atoms with Crippen LogP contribution in [0.3, 0.4) is 0 Å². The van der Waals surface area contributed by atoms with E-state index in [1.54, 1.807) is 6.20 Å². The van der Waals surface area contributed by atoms with Crippen molar-refractivity contribution in [1.82, 2.24) is 10.3 Å². The van der Waals surface area contributed by atoms with Crippen LogP contribution in [0.15, 0.2) is 66.9 Å². The topological polar surface area (TPSA) is 54.0 Å². The van der Waals surface area contributed by atoms with Crippen molar-refractivity contribution in [2.75, 3.05) is 5.32 Å². The minimum absolute atomic E-state index is 0.185. The van der Waals surface area contributed by atoms with Crippen LogP contribution in [0.5, 0.6) is 0 Å². The van der Waals surface area contributed by atoms with Gasteiger partial charge in [0.25, 0.3) is 0 Å². The number of amides is 2. The third-order valence-electron chi connectivity index (χ3n) is 4.26. The largest absolute Gasteiger partial charge is 0.327 e. The van der Waals surface area contributed by atoms with Crippen molar-refractivity contribution in [2.24, 2.45) is 0 Å². The fraction of sp³-hybridized carbons (Fsp3) is 0.100. The van der Waals surface area contributed by atoms with Crippen molar-refractivity contribution in [1.29, 1.82) is 0 Å². The summed E-state index contributed by atoms with van der Waals surface area (Å²) < 4.78 is 0. The predicted molar refractivity (Wildman–Crippen MR) is 94.8 cm³/mol. The zero-order chi connectivity index (χ0) is 16.5. The number of hydrogen-bond acceptors (Lipinski definition) is 2. The van der Waals surface area contributed by atoms with Gasteiger partial charge in [-0.15, -0.1) is 0 Å². The number of carbonyl (C=O) groups excluding carboxylic acids is 1. The summed E-state index contributed by atoms with van der Waals surface area (Å²) in [5.41, 5.74) is 6.05. The first-order valence-electron chi connectivity index (χ1n) is 7.91. The van der Waals surface area contributed by atoms with Crippen molar-refractivity contribution in [3.63, 3.8) is 0 Å². The van der Waals surface area contributed by atoms with Crippen LogP contribution in [0.1, 0.15) is 22.7 Å². The Hall–Kier alpha value is -3.14. The Morgan fingerprint density at radius 2 is 1.71 bits per heavy atom. The maximum atomic E-state index is 12.4. The Labute approximate surface area is 140 Å². The smallest absolute Gasteiger partial charge is 0.319 e. The summed E-state index contributed by atoms with van der Waals surface area (Å²) in [5.74, 6) is 0. The number of nitrogens with one attached hydrogen (secondary N) is 2. The van der Waals surface area contributed by atoms with E-state index in [1.807, 2.05) is 67.6 Å². The Morgan fingerprint density at radius 1 is 0.958 bits per heavy atom. The second-order valence-corrected chi connectivity index (χ2v) is 5.93. The number of carbonyl (C=O) groups is 1. The van der Waals surface area contributed by atoms with Gasteiger partial charge < -0.3 is 10.6 Å². The summed E-state index contributed by atoms with van der Waals surface area (Å²) in [5, 5.41) is 5.95. The molecule has 0 saturated carbocycles. The minimum atomic E-state index is -0.227. The molecule has 1 unspecified atom stereocenters. The highest BCUT2D eigenvalue weighted by Crippen LogP contribution is 2.41. The zero-order valence-corrected chi connectivity index (χ0v) is 13.3. The number of urea groups is 1. The van der Waals surface area contributed by atoms with Crippen LogP contribution in [0.4, 0.5) is 10.5 Å². The first-order valence-corrected chi connectivity index (χ1v) is 7.91. The number of pyridine rings is 1. The highest BCUT2D eigenvalue weighted by atomic mass is 16.2. The van der Waals surface area contributed by atoms with E-state index in [4.69, 9.17) is 0 Å². The van der Waals surface area contributed by atoms with Gasteiger partial charge in [0.05, 0.1) is 11.7 Å². The number of hydrogen-bond donors (Lipinski definition) is 2. The van der Waals surface area contributed by atoms with Gasteiger partial charge in [0.2, 0.25) is 0 Å². The van der Waals surface area contributed by atoms with Crippen molar-refractivity contribution >= 4 is 11.7 Å². The molecule has 3 aromatic rings. The number of aryl methyl sites for hydroxylation is 1. The molecule has 4 nitrogen and oxygen atoms in total. The van der Waals surface area contributed by atoms with E-state index in [2.05, 4.69) is 15.6 Å². The molecule has 118 valence electrons. The molecule has 0 saturated heterocycles. The molecule has 0 spiro atoms. The molecule has 24 heavy (non-hydrogen) atoms. The molecule has 2 aromatic carbocycles. The molecule has 2 N–H and O–H groups in total. The number of anilines is 1. The molecule has 2 amide bonds. The summed E-state index contributed by atoms with van der Waals surface area (Å²) in [6.07, 6.45) is 1.78. The van der Waals surface area contributed by atoms with Gasteiger partial charge >= 0.3 is 6.03 Å². The van der Waals surface area contributed by atoms with Crippen LogP contribution in [0.25, 0.3) is 11.3 Å². The van der Waals surface area contributed by atoms with Gasteiger partial charge in [-0.3, -0.25) is 4.98 Å². The lowest BCUT2D eigenvalue weighted by Crippen LogP contribution is -2.32. The van der Waals surface area contributed by atoms with Crippen LogP contribution in [0.2, 0.25) is 0 Å². The van der Waals surface area contributed by atoms with E-state index in [9.17, 15) is 4.79 Å². The normalized spacial score (nSPS) is 14.6. The molecular formula is C20H17N3O. The van der Waals surface area contributed by atoms with E-state index in [0.29, 0.717) is 0 Å². The quantitative estimate of drug-likeness (QED) is 0.741. The summed E-state index contributed by atoms with van der Waals surface area (Å²) in [4.78, 5) is 16.9. The highest BCUT2D eigenvalue weighted by molar-refractivity contribution is 5.91. The molecule has 0 fully saturated rings. The van der Waals surface area contributed by atoms with E-state index in [-0.39, 0.29) is 12.1 Å². The standard InChI is InChI=1S/C20H17N3O/c1-13-8-10-14(11-9-13)22-20(24)23-19-16-6-3-2-5-15(16)18-17(19)7-4-12-21-18/h2-12,19H,1H3,(H2,22,23,24). The average molecular weight is 315 g/mol. The predicted octanol–water partition coefficient (Wildman–Crippen LogP) is 4.28. The van der Waals surface area contributed by atoms with Crippen LogP contribution in [-0.2, 0) is 0 Å². The fourth-order valence-corrected chi connectivity index (χ4v) is 3.10.